The van der Waals surface area contributed by atoms with Crippen LogP contribution < -0.4 is 11.1 Å². The van der Waals surface area contributed by atoms with Gasteiger partial charge in [0.2, 0.25) is 0 Å². The molecule has 1 aliphatic heterocycles. The van der Waals surface area contributed by atoms with E-state index in [-0.39, 0.29) is 26.4 Å². The van der Waals surface area contributed by atoms with Crippen molar-refractivity contribution in [1.82, 2.24) is 5.32 Å². The fourth-order valence-electron chi connectivity index (χ4n) is 3.78. The molecule has 0 fully saturated rings. The van der Waals surface area contributed by atoms with Crippen molar-refractivity contribution >= 4 is 23.5 Å². The van der Waals surface area contributed by atoms with Crippen molar-refractivity contribution in [3.63, 3.8) is 0 Å². The number of ether oxygens (including phenoxy) is 3. The lowest BCUT2D eigenvalue weighted by molar-refractivity contribution is -0.169. The minimum atomic E-state index is -1.16. The summed E-state index contributed by atoms with van der Waals surface area (Å²) in [5.41, 5.74) is 5.97. The third-order valence-corrected chi connectivity index (χ3v) is 5.22. The molecule has 0 radical (unpaired) electrons. The van der Waals surface area contributed by atoms with Crippen molar-refractivity contribution in [2.45, 2.75) is 39.3 Å². The zero-order valence-electron chi connectivity index (χ0n) is 17.3. The van der Waals surface area contributed by atoms with Crippen LogP contribution >= 0.6 is 11.6 Å². The molecule has 0 aromatic heterocycles. The Hall–Kier alpha value is -2.09. The molecule has 1 aliphatic rings. The summed E-state index contributed by atoms with van der Waals surface area (Å²) in [4.78, 5) is 26.0. The zero-order valence-corrected chi connectivity index (χ0v) is 18.0. The average Bonchev–Trinajstić information content (AvgIpc) is 2.66. The molecule has 0 saturated heterocycles. The second kappa shape index (κ2) is 10.1. The van der Waals surface area contributed by atoms with Crippen molar-refractivity contribution in [3.05, 3.63) is 46.1 Å². The van der Waals surface area contributed by atoms with Crippen molar-refractivity contribution < 1.29 is 23.8 Å². The highest BCUT2D eigenvalue weighted by atomic mass is 35.5. The molecule has 0 saturated carbocycles. The number of hydrogen-bond donors (Lipinski definition) is 2. The minimum absolute atomic E-state index is 0.189. The fraction of sp³-hybridized carbons (Fsp3) is 0.524. The van der Waals surface area contributed by atoms with Gasteiger partial charge in [0, 0.05) is 23.2 Å². The smallest absolute Gasteiger partial charge is 0.336 e. The fourth-order valence-corrected chi connectivity index (χ4v) is 4.03. The number of benzene rings is 1. The first kappa shape index (κ1) is 23.2. The van der Waals surface area contributed by atoms with Gasteiger partial charge < -0.3 is 25.3 Å². The van der Waals surface area contributed by atoms with Gasteiger partial charge in [0.05, 0.1) is 25.4 Å². The molecule has 0 amide bonds. The third-order valence-electron chi connectivity index (χ3n) is 4.87. The van der Waals surface area contributed by atoms with Crippen LogP contribution in [0.5, 0.6) is 0 Å². The van der Waals surface area contributed by atoms with Crippen molar-refractivity contribution in [1.29, 1.82) is 0 Å². The van der Waals surface area contributed by atoms with Crippen LogP contribution in [-0.4, -0.2) is 44.0 Å². The third kappa shape index (κ3) is 4.91. The molecule has 1 heterocycles. The summed E-state index contributed by atoms with van der Waals surface area (Å²) in [6, 6.07) is 7.11. The normalized spacial score (nSPS) is 24.1. The van der Waals surface area contributed by atoms with E-state index in [4.69, 9.17) is 31.5 Å². The van der Waals surface area contributed by atoms with E-state index >= 15 is 0 Å². The highest BCUT2D eigenvalue weighted by Crippen LogP contribution is 2.46. The van der Waals surface area contributed by atoms with Crippen molar-refractivity contribution in [2.24, 2.45) is 11.7 Å². The SMILES string of the molecule is CCOC(=O)C1=C(C)N[C@](C)(OCCN)[C@@H](C(=O)OCC)[C@H]1c1ccccc1Cl. The Balaban J connectivity index is 2.73. The molecule has 3 atom stereocenters. The largest absolute Gasteiger partial charge is 0.466 e. The molecule has 1 aromatic carbocycles. The number of rotatable bonds is 8. The van der Waals surface area contributed by atoms with Crippen LogP contribution in [0.1, 0.15) is 39.2 Å². The number of allylic oxidation sites excluding steroid dienone is 1. The Labute approximate surface area is 176 Å². The number of esters is 2. The number of carbonyl (C=O) groups is 2. The zero-order chi connectivity index (χ0) is 21.6. The Kier molecular flexibility index (Phi) is 8.07. The molecule has 3 N–H and O–H groups in total. The van der Waals surface area contributed by atoms with Gasteiger partial charge in [0.1, 0.15) is 11.6 Å². The van der Waals surface area contributed by atoms with Crippen LogP contribution in [0, 0.1) is 5.92 Å². The van der Waals surface area contributed by atoms with E-state index in [9.17, 15) is 9.59 Å². The Morgan fingerprint density at radius 2 is 1.86 bits per heavy atom. The molecular formula is C21H29ClN2O5. The molecule has 160 valence electrons. The quantitative estimate of drug-likeness (QED) is 0.619. The summed E-state index contributed by atoms with van der Waals surface area (Å²) in [7, 11) is 0. The van der Waals surface area contributed by atoms with Crippen LogP contribution in [0.3, 0.4) is 0 Å². The van der Waals surface area contributed by atoms with Crippen LogP contribution in [-0.2, 0) is 23.8 Å². The van der Waals surface area contributed by atoms with E-state index in [0.717, 1.165) is 0 Å². The Morgan fingerprint density at radius 1 is 1.21 bits per heavy atom. The average molecular weight is 425 g/mol. The highest BCUT2D eigenvalue weighted by molar-refractivity contribution is 6.31. The van der Waals surface area contributed by atoms with E-state index in [2.05, 4.69) is 5.32 Å². The first-order valence-electron chi connectivity index (χ1n) is 9.71. The molecule has 29 heavy (non-hydrogen) atoms. The standard InChI is InChI=1S/C21H29ClN2O5/c1-5-27-19(25)16-13(3)24-21(4,29-12-11-23)18(20(26)28-6-2)17(16)14-9-7-8-10-15(14)22/h7-10,17-18,24H,5-6,11-12,23H2,1-4H3/t17-,18+,21+/m0/s1. The Bertz CT molecular complexity index is 782. The van der Waals surface area contributed by atoms with Gasteiger partial charge in [-0.05, 0) is 39.3 Å². The first-order chi connectivity index (χ1) is 13.8. The molecule has 1 aromatic rings. The second-order valence-corrected chi connectivity index (χ2v) is 7.26. The van der Waals surface area contributed by atoms with E-state index < -0.39 is 29.5 Å². The molecule has 2 rings (SSSR count). The number of halogens is 1. The van der Waals surface area contributed by atoms with Gasteiger partial charge in [-0.15, -0.1) is 0 Å². The highest BCUT2D eigenvalue weighted by Gasteiger charge is 2.53. The second-order valence-electron chi connectivity index (χ2n) is 6.86. The molecule has 0 bridgehead atoms. The summed E-state index contributed by atoms with van der Waals surface area (Å²) < 4.78 is 16.6. The van der Waals surface area contributed by atoms with Gasteiger partial charge in [-0.25, -0.2) is 4.79 Å². The Morgan fingerprint density at radius 3 is 2.45 bits per heavy atom. The number of carbonyl (C=O) groups excluding carboxylic acids is 2. The number of nitrogens with one attached hydrogen (secondary N) is 1. The summed E-state index contributed by atoms with van der Waals surface area (Å²) in [6.07, 6.45) is 0. The van der Waals surface area contributed by atoms with E-state index in [1.807, 2.05) is 6.07 Å². The van der Waals surface area contributed by atoms with E-state index in [0.29, 0.717) is 21.9 Å². The molecule has 7 nitrogen and oxygen atoms in total. The summed E-state index contributed by atoms with van der Waals surface area (Å²) >= 11 is 6.49. The van der Waals surface area contributed by atoms with Crippen LogP contribution in [0.15, 0.2) is 35.5 Å². The van der Waals surface area contributed by atoms with Gasteiger partial charge in [-0.3, -0.25) is 4.79 Å². The lowest BCUT2D eigenvalue weighted by Gasteiger charge is -2.46. The monoisotopic (exact) mass is 424 g/mol. The minimum Gasteiger partial charge on any atom is -0.466 e. The molecule has 0 unspecified atom stereocenters. The van der Waals surface area contributed by atoms with Gasteiger partial charge in [0.15, 0.2) is 0 Å². The van der Waals surface area contributed by atoms with Gasteiger partial charge in [-0.1, -0.05) is 29.8 Å². The van der Waals surface area contributed by atoms with Gasteiger partial charge in [-0.2, -0.15) is 0 Å². The molecule has 0 aliphatic carbocycles. The lowest BCUT2D eigenvalue weighted by Crippen LogP contribution is -2.59. The predicted molar refractivity (Wildman–Crippen MR) is 110 cm³/mol. The number of hydrogen-bond acceptors (Lipinski definition) is 7. The summed E-state index contributed by atoms with van der Waals surface area (Å²) in [5, 5.41) is 3.62. The van der Waals surface area contributed by atoms with Gasteiger partial charge >= 0.3 is 11.9 Å². The van der Waals surface area contributed by atoms with Crippen LogP contribution in [0.4, 0.5) is 0 Å². The van der Waals surface area contributed by atoms with E-state index in [1.54, 1.807) is 45.9 Å². The topological polar surface area (TPSA) is 99.9 Å². The molecule has 8 heteroatoms. The van der Waals surface area contributed by atoms with Crippen molar-refractivity contribution in [3.8, 4) is 0 Å². The number of nitrogens with two attached hydrogens (primary N) is 1. The predicted octanol–water partition coefficient (Wildman–Crippen LogP) is 2.73. The van der Waals surface area contributed by atoms with Crippen LogP contribution in [0.25, 0.3) is 0 Å². The summed E-state index contributed by atoms with van der Waals surface area (Å²) in [6.45, 7) is 7.84. The maximum atomic E-state index is 13.1. The van der Waals surface area contributed by atoms with Gasteiger partial charge in [0.25, 0.3) is 0 Å². The maximum Gasteiger partial charge on any atom is 0.336 e. The maximum absolute atomic E-state index is 13.1. The van der Waals surface area contributed by atoms with Crippen LogP contribution in [0.2, 0.25) is 5.02 Å². The first-order valence-corrected chi connectivity index (χ1v) is 10.1. The lowest BCUT2D eigenvalue weighted by atomic mass is 9.72. The van der Waals surface area contributed by atoms with Crippen molar-refractivity contribution in [2.75, 3.05) is 26.4 Å². The van der Waals surface area contributed by atoms with E-state index in [1.165, 1.54) is 0 Å². The molecule has 0 spiro atoms. The summed E-state index contributed by atoms with van der Waals surface area (Å²) in [5.74, 6) is -2.63. The molecular weight excluding hydrogens is 396 g/mol.